The lowest BCUT2D eigenvalue weighted by molar-refractivity contribution is -0.122. The number of ketones is 1. The maximum Gasteiger partial charge on any atom is 0.245 e. The lowest BCUT2D eigenvalue weighted by Gasteiger charge is -2.12. The highest BCUT2D eigenvalue weighted by atomic mass is 19.1. The van der Waals surface area contributed by atoms with Gasteiger partial charge in [-0.1, -0.05) is 13.8 Å². The molecule has 1 aromatic rings. The standard InChI is InChI=1S/C15H17FN2O3/c1-9(2)8-18-15(20)11(7-17)14(19)10-4-5-12(16)13(6-10)21-3/h4-6,9,11H,8H2,1-3H3,(H,18,20). The number of carbonyl (C=O) groups is 2. The van der Waals surface area contributed by atoms with Gasteiger partial charge in [0.1, 0.15) is 0 Å². The van der Waals surface area contributed by atoms with Crippen LogP contribution in [0.2, 0.25) is 0 Å². The highest BCUT2D eigenvalue weighted by molar-refractivity contribution is 6.12. The lowest BCUT2D eigenvalue weighted by atomic mass is 9.97. The van der Waals surface area contributed by atoms with Crippen molar-refractivity contribution in [1.82, 2.24) is 5.32 Å². The molecule has 0 heterocycles. The summed E-state index contributed by atoms with van der Waals surface area (Å²) in [4.78, 5) is 24.0. The molecule has 0 aliphatic carbocycles. The first-order chi connectivity index (χ1) is 9.90. The van der Waals surface area contributed by atoms with Crippen molar-refractivity contribution >= 4 is 11.7 Å². The van der Waals surface area contributed by atoms with Gasteiger partial charge in [0.05, 0.1) is 13.2 Å². The monoisotopic (exact) mass is 292 g/mol. The van der Waals surface area contributed by atoms with E-state index in [1.807, 2.05) is 13.8 Å². The van der Waals surface area contributed by atoms with E-state index >= 15 is 0 Å². The molecule has 1 unspecified atom stereocenters. The first kappa shape index (κ1) is 16.6. The van der Waals surface area contributed by atoms with E-state index in [9.17, 15) is 14.0 Å². The van der Waals surface area contributed by atoms with Crippen molar-refractivity contribution in [3.05, 3.63) is 29.6 Å². The van der Waals surface area contributed by atoms with E-state index < -0.39 is 23.4 Å². The zero-order valence-corrected chi connectivity index (χ0v) is 12.1. The van der Waals surface area contributed by atoms with Gasteiger partial charge in [-0.2, -0.15) is 5.26 Å². The Hall–Kier alpha value is -2.42. The number of nitrogens with one attached hydrogen (secondary N) is 1. The quantitative estimate of drug-likeness (QED) is 0.642. The molecule has 1 N–H and O–H groups in total. The smallest absolute Gasteiger partial charge is 0.245 e. The zero-order chi connectivity index (χ0) is 16.0. The van der Waals surface area contributed by atoms with E-state index in [2.05, 4.69) is 5.32 Å². The molecule has 0 spiro atoms. The largest absolute Gasteiger partial charge is 0.494 e. The van der Waals surface area contributed by atoms with Crippen molar-refractivity contribution in [2.24, 2.45) is 11.8 Å². The molecule has 0 bridgehead atoms. The number of amides is 1. The third-order valence-corrected chi connectivity index (χ3v) is 2.77. The van der Waals surface area contributed by atoms with Gasteiger partial charge >= 0.3 is 0 Å². The fourth-order valence-corrected chi connectivity index (χ4v) is 1.62. The number of Topliss-reactive ketones (excluding diaryl/α,β-unsaturated/α-hetero) is 1. The Kier molecular flexibility index (Phi) is 5.85. The van der Waals surface area contributed by atoms with Gasteiger partial charge in [0, 0.05) is 12.1 Å². The van der Waals surface area contributed by atoms with Crippen LogP contribution in [0.25, 0.3) is 0 Å². The highest BCUT2D eigenvalue weighted by Gasteiger charge is 2.28. The summed E-state index contributed by atoms with van der Waals surface area (Å²) < 4.78 is 18.1. The number of hydrogen-bond donors (Lipinski definition) is 1. The normalized spacial score (nSPS) is 11.6. The Morgan fingerprint density at radius 2 is 2.10 bits per heavy atom. The molecule has 21 heavy (non-hydrogen) atoms. The SMILES string of the molecule is COc1cc(C(=O)C(C#N)C(=O)NCC(C)C)ccc1F. The second-order valence-corrected chi connectivity index (χ2v) is 4.91. The van der Waals surface area contributed by atoms with Gasteiger partial charge in [-0.15, -0.1) is 0 Å². The van der Waals surface area contributed by atoms with Crippen LogP contribution in [0.5, 0.6) is 5.75 Å². The summed E-state index contributed by atoms with van der Waals surface area (Å²) in [6.45, 7) is 4.17. The van der Waals surface area contributed by atoms with Gasteiger partial charge in [0.15, 0.2) is 23.3 Å². The van der Waals surface area contributed by atoms with E-state index in [0.717, 1.165) is 6.07 Å². The number of nitriles is 1. The van der Waals surface area contributed by atoms with Crippen molar-refractivity contribution in [1.29, 1.82) is 5.26 Å². The minimum absolute atomic E-state index is 0.0551. The summed E-state index contributed by atoms with van der Waals surface area (Å²) in [5.41, 5.74) is 0.0551. The van der Waals surface area contributed by atoms with E-state index in [4.69, 9.17) is 10.00 Å². The molecule has 1 aromatic carbocycles. The highest BCUT2D eigenvalue weighted by Crippen LogP contribution is 2.20. The Morgan fingerprint density at radius 1 is 1.43 bits per heavy atom. The molecule has 1 amide bonds. The molecule has 6 heteroatoms. The minimum Gasteiger partial charge on any atom is -0.494 e. The summed E-state index contributed by atoms with van der Waals surface area (Å²) in [6.07, 6.45) is 0. The maximum atomic E-state index is 13.3. The van der Waals surface area contributed by atoms with Crippen LogP contribution in [-0.2, 0) is 4.79 Å². The number of hydrogen-bond acceptors (Lipinski definition) is 4. The summed E-state index contributed by atoms with van der Waals surface area (Å²) >= 11 is 0. The van der Waals surface area contributed by atoms with Gasteiger partial charge in [-0.25, -0.2) is 4.39 Å². The van der Waals surface area contributed by atoms with Gasteiger partial charge in [0.25, 0.3) is 0 Å². The Morgan fingerprint density at radius 3 is 2.62 bits per heavy atom. The van der Waals surface area contributed by atoms with Gasteiger partial charge in [0.2, 0.25) is 5.91 Å². The zero-order valence-electron chi connectivity index (χ0n) is 12.1. The summed E-state index contributed by atoms with van der Waals surface area (Å²) in [5.74, 6) is -3.32. The van der Waals surface area contributed by atoms with Gasteiger partial charge < -0.3 is 10.1 Å². The Bertz CT molecular complexity index is 579. The topological polar surface area (TPSA) is 79.2 Å². The molecule has 1 atom stereocenters. The second kappa shape index (κ2) is 7.39. The van der Waals surface area contributed by atoms with Crippen LogP contribution in [0.1, 0.15) is 24.2 Å². The van der Waals surface area contributed by atoms with Crippen LogP contribution in [-0.4, -0.2) is 25.3 Å². The van der Waals surface area contributed by atoms with Crippen molar-refractivity contribution < 1.29 is 18.7 Å². The number of ether oxygens (including phenoxy) is 1. The van der Waals surface area contributed by atoms with E-state index in [1.165, 1.54) is 19.2 Å². The van der Waals surface area contributed by atoms with Crippen LogP contribution < -0.4 is 10.1 Å². The van der Waals surface area contributed by atoms with Crippen LogP contribution in [0.4, 0.5) is 4.39 Å². The van der Waals surface area contributed by atoms with Crippen LogP contribution in [0.15, 0.2) is 18.2 Å². The molecular formula is C15H17FN2O3. The molecule has 112 valence electrons. The predicted octanol–water partition coefficient (Wildman–Crippen LogP) is 1.93. The molecule has 0 aromatic heterocycles. The molecule has 0 fully saturated rings. The first-order valence-electron chi connectivity index (χ1n) is 6.45. The second-order valence-electron chi connectivity index (χ2n) is 4.91. The van der Waals surface area contributed by atoms with Crippen molar-refractivity contribution in [2.75, 3.05) is 13.7 Å². The molecule has 5 nitrogen and oxygen atoms in total. The Labute approximate surface area is 122 Å². The number of benzene rings is 1. The maximum absolute atomic E-state index is 13.3. The average molecular weight is 292 g/mol. The molecule has 0 aliphatic heterocycles. The number of rotatable bonds is 6. The molecule has 0 radical (unpaired) electrons. The van der Waals surface area contributed by atoms with E-state index in [1.54, 1.807) is 6.07 Å². The molecule has 0 saturated heterocycles. The summed E-state index contributed by atoms with van der Waals surface area (Å²) in [5, 5.41) is 11.6. The third kappa shape index (κ3) is 4.28. The van der Waals surface area contributed by atoms with Gasteiger partial charge in [-0.3, -0.25) is 9.59 Å². The number of carbonyl (C=O) groups excluding carboxylic acids is 2. The number of halogens is 1. The number of nitrogens with zero attached hydrogens (tertiary/aromatic N) is 1. The first-order valence-corrected chi connectivity index (χ1v) is 6.45. The summed E-state index contributed by atoms with van der Waals surface area (Å²) in [6, 6.07) is 5.14. The molecule has 0 saturated carbocycles. The van der Waals surface area contributed by atoms with E-state index in [-0.39, 0.29) is 17.2 Å². The van der Waals surface area contributed by atoms with Crippen molar-refractivity contribution in [3.63, 3.8) is 0 Å². The van der Waals surface area contributed by atoms with Crippen molar-refractivity contribution in [2.45, 2.75) is 13.8 Å². The minimum atomic E-state index is -1.46. The fourth-order valence-electron chi connectivity index (χ4n) is 1.62. The Balaban J connectivity index is 2.94. The number of methoxy groups -OCH3 is 1. The van der Waals surface area contributed by atoms with Crippen LogP contribution >= 0.6 is 0 Å². The van der Waals surface area contributed by atoms with Crippen LogP contribution in [0, 0.1) is 29.0 Å². The molecular weight excluding hydrogens is 275 g/mol. The average Bonchev–Trinajstić information content (AvgIpc) is 2.46. The summed E-state index contributed by atoms with van der Waals surface area (Å²) in [7, 11) is 1.27. The third-order valence-electron chi connectivity index (χ3n) is 2.77. The van der Waals surface area contributed by atoms with Crippen LogP contribution in [0.3, 0.4) is 0 Å². The van der Waals surface area contributed by atoms with E-state index in [0.29, 0.717) is 6.54 Å². The lowest BCUT2D eigenvalue weighted by Crippen LogP contribution is -2.36. The van der Waals surface area contributed by atoms with Gasteiger partial charge in [-0.05, 0) is 24.1 Å². The predicted molar refractivity (Wildman–Crippen MR) is 74.2 cm³/mol. The van der Waals surface area contributed by atoms with Crippen molar-refractivity contribution in [3.8, 4) is 11.8 Å². The molecule has 0 aliphatic rings. The molecule has 1 rings (SSSR count). The fraction of sp³-hybridized carbons (Fsp3) is 0.400.